The van der Waals surface area contributed by atoms with Crippen LogP contribution in [0, 0.1) is 6.92 Å². The lowest BCUT2D eigenvalue weighted by Gasteiger charge is -2.11. The summed E-state index contributed by atoms with van der Waals surface area (Å²) in [6.07, 6.45) is 0.697. The molecule has 0 aliphatic rings. The first-order valence-electron chi connectivity index (χ1n) is 9.69. The Kier molecular flexibility index (Phi) is 5.05. The molecule has 0 aliphatic carbocycles. The number of nitrogens with one attached hydrogen (secondary N) is 3. The summed E-state index contributed by atoms with van der Waals surface area (Å²) in [6, 6.07) is 14.2. The standard InChI is InChI=1S/C22H21N5O3/c1-3-12-27-22(30)15-9-5-4-8-14(15)19(26-27)21(29)25-24-20(28)18-13(2)23-17-11-7-6-10-16(17)18/h4-11,23H,3,12H2,1-2H3,(H,24,28)(H,25,29). The summed E-state index contributed by atoms with van der Waals surface area (Å²) in [5.74, 6) is -1.04. The SMILES string of the molecule is CCCn1nc(C(=O)NNC(=O)c2c(C)[nH]c3ccccc23)c2ccccc2c1=O. The second-order valence-electron chi connectivity index (χ2n) is 7.00. The predicted octanol–water partition coefficient (Wildman–Crippen LogP) is 2.67. The van der Waals surface area contributed by atoms with E-state index in [1.54, 1.807) is 31.2 Å². The second kappa shape index (κ2) is 7.82. The van der Waals surface area contributed by atoms with Crippen molar-refractivity contribution in [2.24, 2.45) is 0 Å². The van der Waals surface area contributed by atoms with Gasteiger partial charge in [-0.15, -0.1) is 0 Å². The van der Waals surface area contributed by atoms with Gasteiger partial charge in [0, 0.05) is 28.5 Å². The number of H-pyrrole nitrogens is 1. The van der Waals surface area contributed by atoms with Gasteiger partial charge in [-0.3, -0.25) is 25.2 Å². The number of carbonyl (C=O) groups excluding carboxylic acids is 2. The van der Waals surface area contributed by atoms with Crippen molar-refractivity contribution >= 4 is 33.5 Å². The van der Waals surface area contributed by atoms with Crippen molar-refractivity contribution in [3.05, 3.63) is 75.8 Å². The van der Waals surface area contributed by atoms with Crippen molar-refractivity contribution in [3.8, 4) is 0 Å². The van der Waals surface area contributed by atoms with Crippen LogP contribution in [0.3, 0.4) is 0 Å². The largest absolute Gasteiger partial charge is 0.358 e. The van der Waals surface area contributed by atoms with Crippen LogP contribution in [0.2, 0.25) is 0 Å². The zero-order valence-electron chi connectivity index (χ0n) is 16.7. The predicted molar refractivity (Wildman–Crippen MR) is 114 cm³/mol. The molecule has 4 rings (SSSR count). The number of aryl methyl sites for hydroxylation is 2. The molecule has 3 N–H and O–H groups in total. The van der Waals surface area contributed by atoms with Crippen LogP contribution in [-0.2, 0) is 6.54 Å². The first-order valence-corrected chi connectivity index (χ1v) is 9.69. The number of carbonyl (C=O) groups is 2. The van der Waals surface area contributed by atoms with Gasteiger partial charge in [0.25, 0.3) is 17.4 Å². The third-order valence-electron chi connectivity index (χ3n) is 4.93. The lowest BCUT2D eigenvalue weighted by Crippen LogP contribution is -2.43. The number of hydrazine groups is 1. The van der Waals surface area contributed by atoms with E-state index in [-0.39, 0.29) is 11.3 Å². The van der Waals surface area contributed by atoms with Crippen molar-refractivity contribution in [2.75, 3.05) is 0 Å². The van der Waals surface area contributed by atoms with Gasteiger partial charge in [-0.2, -0.15) is 5.10 Å². The van der Waals surface area contributed by atoms with Crippen molar-refractivity contribution in [2.45, 2.75) is 26.8 Å². The molecule has 8 nitrogen and oxygen atoms in total. The maximum Gasteiger partial charge on any atom is 0.290 e. The van der Waals surface area contributed by atoms with Gasteiger partial charge in [-0.05, 0) is 25.5 Å². The third-order valence-corrected chi connectivity index (χ3v) is 4.93. The average Bonchev–Trinajstić information content (AvgIpc) is 3.09. The van der Waals surface area contributed by atoms with Crippen molar-refractivity contribution in [3.63, 3.8) is 0 Å². The summed E-state index contributed by atoms with van der Waals surface area (Å²) >= 11 is 0. The summed E-state index contributed by atoms with van der Waals surface area (Å²) in [5, 5.41) is 5.84. The van der Waals surface area contributed by atoms with Crippen LogP contribution >= 0.6 is 0 Å². The van der Waals surface area contributed by atoms with Crippen LogP contribution in [0.4, 0.5) is 0 Å². The molecular weight excluding hydrogens is 382 g/mol. The Morgan fingerprint density at radius 2 is 1.60 bits per heavy atom. The zero-order chi connectivity index (χ0) is 21.3. The van der Waals surface area contributed by atoms with Crippen LogP contribution in [0.15, 0.2) is 53.3 Å². The van der Waals surface area contributed by atoms with Gasteiger partial charge in [-0.1, -0.05) is 43.3 Å². The number of aromatic amines is 1. The van der Waals surface area contributed by atoms with E-state index in [9.17, 15) is 14.4 Å². The van der Waals surface area contributed by atoms with Crippen LogP contribution in [0.25, 0.3) is 21.7 Å². The van der Waals surface area contributed by atoms with Crippen molar-refractivity contribution in [1.29, 1.82) is 0 Å². The van der Waals surface area contributed by atoms with Gasteiger partial charge in [-0.25, -0.2) is 4.68 Å². The Morgan fingerprint density at radius 1 is 0.967 bits per heavy atom. The highest BCUT2D eigenvalue weighted by atomic mass is 16.2. The van der Waals surface area contributed by atoms with Crippen molar-refractivity contribution < 1.29 is 9.59 Å². The average molecular weight is 403 g/mol. The maximum absolute atomic E-state index is 12.8. The number of para-hydroxylation sites is 1. The Bertz CT molecular complexity index is 1340. The molecule has 0 aliphatic heterocycles. The van der Waals surface area contributed by atoms with Gasteiger partial charge < -0.3 is 4.98 Å². The van der Waals surface area contributed by atoms with Gasteiger partial charge in [0.15, 0.2) is 5.69 Å². The molecule has 2 amide bonds. The Hall–Kier alpha value is -3.94. The molecule has 0 saturated carbocycles. The number of amides is 2. The monoisotopic (exact) mass is 403 g/mol. The number of aromatic nitrogens is 3. The highest BCUT2D eigenvalue weighted by Gasteiger charge is 2.19. The van der Waals surface area contributed by atoms with Crippen LogP contribution in [-0.4, -0.2) is 26.6 Å². The minimum Gasteiger partial charge on any atom is -0.358 e. The quantitative estimate of drug-likeness (QED) is 0.455. The summed E-state index contributed by atoms with van der Waals surface area (Å²) in [7, 11) is 0. The molecule has 2 heterocycles. The number of hydrogen-bond acceptors (Lipinski definition) is 4. The Labute approximate surface area is 171 Å². The van der Waals surface area contributed by atoms with Crippen LogP contribution in [0.5, 0.6) is 0 Å². The number of nitrogens with zero attached hydrogens (tertiary/aromatic N) is 2. The van der Waals surface area contributed by atoms with Gasteiger partial charge in [0.1, 0.15) is 0 Å². The number of hydrogen-bond donors (Lipinski definition) is 3. The normalized spacial score (nSPS) is 11.0. The molecular formula is C22H21N5O3. The van der Waals surface area contributed by atoms with E-state index in [4.69, 9.17) is 0 Å². The Morgan fingerprint density at radius 3 is 2.33 bits per heavy atom. The molecule has 152 valence electrons. The lowest BCUT2D eigenvalue weighted by atomic mass is 10.1. The third kappa shape index (κ3) is 3.32. The second-order valence-corrected chi connectivity index (χ2v) is 7.00. The van der Waals surface area contributed by atoms with Crippen LogP contribution < -0.4 is 16.4 Å². The molecule has 0 radical (unpaired) electrons. The maximum atomic E-state index is 12.8. The molecule has 0 unspecified atom stereocenters. The van der Waals surface area contributed by atoms with E-state index in [0.29, 0.717) is 35.0 Å². The highest BCUT2D eigenvalue weighted by molar-refractivity contribution is 6.10. The van der Waals surface area contributed by atoms with Crippen molar-refractivity contribution in [1.82, 2.24) is 25.6 Å². The molecule has 30 heavy (non-hydrogen) atoms. The molecule has 2 aromatic heterocycles. The van der Waals surface area contributed by atoms with E-state index >= 15 is 0 Å². The van der Waals surface area contributed by atoms with Gasteiger partial charge >= 0.3 is 0 Å². The van der Waals surface area contributed by atoms with Gasteiger partial charge in [0.05, 0.1) is 10.9 Å². The van der Waals surface area contributed by atoms with E-state index in [1.807, 2.05) is 31.2 Å². The summed E-state index contributed by atoms with van der Waals surface area (Å²) in [6.45, 7) is 4.12. The molecule has 2 aromatic carbocycles. The minimum atomic E-state index is -0.595. The topological polar surface area (TPSA) is 109 Å². The van der Waals surface area contributed by atoms with Crippen LogP contribution in [0.1, 0.15) is 39.9 Å². The van der Waals surface area contributed by atoms with E-state index < -0.39 is 11.8 Å². The van der Waals surface area contributed by atoms with E-state index in [2.05, 4.69) is 20.9 Å². The summed E-state index contributed by atoms with van der Waals surface area (Å²) < 4.78 is 1.28. The summed E-state index contributed by atoms with van der Waals surface area (Å²) in [5.41, 5.74) is 6.72. The van der Waals surface area contributed by atoms with E-state index in [1.165, 1.54) is 4.68 Å². The number of benzene rings is 2. The fraction of sp³-hybridized carbons (Fsp3) is 0.182. The fourth-order valence-corrected chi connectivity index (χ4v) is 3.57. The number of rotatable bonds is 4. The highest BCUT2D eigenvalue weighted by Crippen LogP contribution is 2.21. The Balaban J connectivity index is 1.63. The molecule has 0 saturated heterocycles. The number of fused-ring (bicyclic) bond motifs is 2. The first kappa shape index (κ1) is 19.4. The van der Waals surface area contributed by atoms with Gasteiger partial charge in [0.2, 0.25) is 0 Å². The molecule has 0 fully saturated rings. The molecule has 0 spiro atoms. The summed E-state index contributed by atoms with van der Waals surface area (Å²) in [4.78, 5) is 41.3. The zero-order valence-corrected chi connectivity index (χ0v) is 16.7. The molecule has 0 atom stereocenters. The first-order chi connectivity index (χ1) is 14.5. The smallest absolute Gasteiger partial charge is 0.290 e. The molecule has 8 heteroatoms. The fourth-order valence-electron chi connectivity index (χ4n) is 3.57. The minimum absolute atomic E-state index is 0.0783. The molecule has 0 bridgehead atoms. The lowest BCUT2D eigenvalue weighted by molar-refractivity contribution is 0.0844. The molecule has 4 aromatic rings. The van der Waals surface area contributed by atoms with E-state index in [0.717, 1.165) is 10.9 Å².